The van der Waals surface area contributed by atoms with Crippen LogP contribution < -0.4 is 10.8 Å². The highest BCUT2D eigenvalue weighted by Crippen LogP contribution is 2.28. The summed E-state index contributed by atoms with van der Waals surface area (Å²) in [5, 5.41) is 4.16. The average Bonchev–Trinajstić information content (AvgIpc) is 2.59. The molecule has 3 rings (SSSR count). The zero-order chi connectivity index (χ0) is 16.5. The summed E-state index contributed by atoms with van der Waals surface area (Å²) in [5.41, 5.74) is 4.77. The van der Waals surface area contributed by atoms with Crippen LogP contribution in [0.5, 0.6) is 0 Å². The van der Waals surface area contributed by atoms with Crippen LogP contribution in [0.4, 0.5) is 5.69 Å². The zero-order valence-corrected chi connectivity index (χ0v) is 14.8. The second-order valence-electron chi connectivity index (χ2n) is 5.13. The predicted molar refractivity (Wildman–Crippen MR) is 101 cm³/mol. The van der Waals surface area contributed by atoms with E-state index in [9.17, 15) is 0 Å². The summed E-state index contributed by atoms with van der Waals surface area (Å²) >= 11 is 0. The van der Waals surface area contributed by atoms with E-state index in [-0.39, 0.29) is 12.4 Å². The number of fused-ring (bicyclic) bond motifs is 1. The molecule has 0 saturated heterocycles. The van der Waals surface area contributed by atoms with Gasteiger partial charge in [-0.25, -0.2) is 5.90 Å². The van der Waals surface area contributed by atoms with Crippen molar-refractivity contribution in [2.24, 2.45) is 11.1 Å². The Kier molecular flexibility index (Phi) is 8.86. The maximum absolute atomic E-state index is 4.96. The van der Waals surface area contributed by atoms with Crippen LogP contribution in [0, 0.1) is 0 Å². The molecular formula is C18H24ClN3O2. The van der Waals surface area contributed by atoms with Gasteiger partial charge in [0, 0.05) is 30.8 Å². The van der Waals surface area contributed by atoms with E-state index >= 15 is 0 Å². The summed E-state index contributed by atoms with van der Waals surface area (Å²) in [7, 11) is 3.01. The number of oxime groups is 1. The van der Waals surface area contributed by atoms with Crippen LogP contribution in [-0.2, 0) is 16.2 Å². The van der Waals surface area contributed by atoms with Gasteiger partial charge in [-0.1, -0.05) is 53.7 Å². The molecule has 0 unspecified atom stereocenters. The Labute approximate surface area is 149 Å². The van der Waals surface area contributed by atoms with Crippen molar-refractivity contribution in [1.82, 2.24) is 0 Å². The van der Waals surface area contributed by atoms with Crippen LogP contribution in [-0.4, -0.2) is 26.5 Å². The van der Waals surface area contributed by atoms with E-state index in [1.807, 2.05) is 0 Å². The van der Waals surface area contributed by atoms with Gasteiger partial charge in [-0.3, -0.25) is 0 Å². The van der Waals surface area contributed by atoms with Gasteiger partial charge in [0.25, 0.3) is 0 Å². The van der Waals surface area contributed by atoms with E-state index in [4.69, 9.17) is 4.84 Å². The molecule has 0 spiro atoms. The van der Waals surface area contributed by atoms with Crippen molar-refractivity contribution < 1.29 is 9.68 Å². The van der Waals surface area contributed by atoms with E-state index in [1.54, 1.807) is 7.11 Å². The second kappa shape index (κ2) is 10.6. The Bertz CT molecular complexity index is 635. The number of nitrogens with two attached hydrogens (primary N) is 1. The Hall–Kier alpha value is -2.08. The van der Waals surface area contributed by atoms with Gasteiger partial charge in [-0.15, -0.1) is 12.4 Å². The average molecular weight is 350 g/mol. The highest BCUT2D eigenvalue weighted by Gasteiger charge is 2.21. The molecule has 5 nitrogen and oxygen atoms in total. The first-order valence-corrected chi connectivity index (χ1v) is 7.51. The molecule has 1 heterocycles. The highest BCUT2D eigenvalue weighted by atomic mass is 35.5. The Morgan fingerprint density at radius 1 is 1.04 bits per heavy atom. The van der Waals surface area contributed by atoms with Crippen LogP contribution in [0.2, 0.25) is 0 Å². The molecule has 0 amide bonds. The molecule has 1 aliphatic rings. The molecule has 0 aliphatic carbocycles. The topological polar surface area (TPSA) is 60.1 Å². The van der Waals surface area contributed by atoms with Gasteiger partial charge in [-0.05, 0) is 11.6 Å². The molecule has 2 aromatic rings. The van der Waals surface area contributed by atoms with Gasteiger partial charge in [-0.2, -0.15) is 0 Å². The molecule has 24 heavy (non-hydrogen) atoms. The normalized spacial score (nSPS) is 14.1. The third-order valence-electron chi connectivity index (χ3n) is 3.59. The Morgan fingerprint density at radius 2 is 1.67 bits per heavy atom. The van der Waals surface area contributed by atoms with Crippen molar-refractivity contribution in [1.29, 1.82) is 0 Å². The van der Waals surface area contributed by atoms with Crippen molar-refractivity contribution in [3.8, 4) is 0 Å². The number of benzene rings is 2. The quantitative estimate of drug-likeness (QED) is 0.863. The van der Waals surface area contributed by atoms with Gasteiger partial charge in [0.15, 0.2) is 0 Å². The first kappa shape index (κ1) is 20.0. The largest absolute Gasteiger partial charge is 0.399 e. The molecule has 0 radical (unpaired) electrons. The Balaban J connectivity index is 0.000000671. The van der Waals surface area contributed by atoms with Gasteiger partial charge in [0.2, 0.25) is 0 Å². The maximum Gasteiger partial charge on any atom is 0.106 e. The molecule has 2 N–H and O–H groups in total. The molecule has 0 aromatic heterocycles. The number of nitrogens with zero attached hydrogens (tertiary/aromatic N) is 2. The summed E-state index contributed by atoms with van der Waals surface area (Å²) in [5.74, 6) is 4.35. The van der Waals surface area contributed by atoms with Crippen molar-refractivity contribution in [3.63, 3.8) is 0 Å². The minimum atomic E-state index is 0. The van der Waals surface area contributed by atoms with Gasteiger partial charge in [0.1, 0.15) is 7.11 Å². The van der Waals surface area contributed by atoms with Crippen molar-refractivity contribution >= 4 is 23.8 Å². The van der Waals surface area contributed by atoms with E-state index in [1.165, 1.54) is 23.9 Å². The molecule has 0 saturated carbocycles. The fraction of sp³-hybridized carbons (Fsp3) is 0.278. The van der Waals surface area contributed by atoms with Crippen LogP contribution in [0.3, 0.4) is 0 Å². The summed E-state index contributed by atoms with van der Waals surface area (Å²) in [6.07, 6.45) is 0.914. The minimum Gasteiger partial charge on any atom is -0.399 e. The minimum absolute atomic E-state index is 0. The van der Waals surface area contributed by atoms with E-state index in [2.05, 4.69) is 75.4 Å². The fourth-order valence-electron chi connectivity index (χ4n) is 2.66. The lowest BCUT2D eigenvalue weighted by atomic mass is 9.99. The first-order chi connectivity index (χ1) is 11.3. The van der Waals surface area contributed by atoms with E-state index in [0.29, 0.717) is 0 Å². The molecule has 6 heteroatoms. The monoisotopic (exact) mass is 349 g/mol. The third-order valence-corrected chi connectivity index (χ3v) is 3.59. The molecule has 0 atom stereocenters. The number of halogens is 1. The lowest BCUT2D eigenvalue weighted by molar-refractivity contribution is 0.206. The van der Waals surface area contributed by atoms with E-state index < -0.39 is 0 Å². The van der Waals surface area contributed by atoms with Crippen molar-refractivity contribution in [2.75, 3.05) is 25.7 Å². The number of hydrogen-bond donors (Lipinski definition) is 1. The molecular weight excluding hydrogens is 326 g/mol. The third kappa shape index (κ3) is 5.23. The molecule has 0 bridgehead atoms. The molecule has 130 valence electrons. The summed E-state index contributed by atoms with van der Waals surface area (Å²) in [4.78, 5) is 11.1. The summed E-state index contributed by atoms with van der Waals surface area (Å²) in [6.45, 7) is 1.90. The van der Waals surface area contributed by atoms with E-state index in [0.717, 1.165) is 25.2 Å². The summed E-state index contributed by atoms with van der Waals surface area (Å²) < 4.78 is 0. The highest BCUT2D eigenvalue weighted by molar-refractivity contribution is 6.06. The first-order valence-electron chi connectivity index (χ1n) is 7.51. The van der Waals surface area contributed by atoms with Gasteiger partial charge in [0.05, 0.1) is 12.8 Å². The molecule has 2 aromatic carbocycles. The molecule has 0 fully saturated rings. The van der Waals surface area contributed by atoms with Crippen molar-refractivity contribution in [2.45, 2.75) is 13.0 Å². The van der Waals surface area contributed by atoms with Crippen molar-refractivity contribution in [3.05, 3.63) is 65.7 Å². The van der Waals surface area contributed by atoms with Gasteiger partial charge < -0.3 is 14.6 Å². The van der Waals surface area contributed by atoms with Crippen LogP contribution in [0.25, 0.3) is 0 Å². The molecule has 1 aliphatic heterocycles. The fourth-order valence-corrected chi connectivity index (χ4v) is 2.66. The SMILES string of the molecule is CON.CON=C1CCN(Cc2ccccc2)c2ccccc21.Cl. The van der Waals surface area contributed by atoms with Gasteiger partial charge >= 0.3 is 0 Å². The lowest BCUT2D eigenvalue weighted by Crippen LogP contribution is -2.31. The lowest BCUT2D eigenvalue weighted by Gasteiger charge is -2.31. The number of para-hydroxylation sites is 1. The summed E-state index contributed by atoms with van der Waals surface area (Å²) in [6, 6.07) is 19.0. The standard InChI is InChI=1S/C17H18N2O.CH5NO.ClH/c1-20-18-16-11-12-19(13-14-7-3-2-4-8-14)17-10-6-5-9-15(16)17;1-3-2;/h2-10H,11-13H2,1H3;2H2,1H3;1H. The van der Waals surface area contributed by atoms with Crippen LogP contribution in [0.1, 0.15) is 17.5 Å². The maximum atomic E-state index is 4.96. The predicted octanol–water partition coefficient (Wildman–Crippen LogP) is 3.38. The number of rotatable bonds is 3. The number of hydrogen-bond acceptors (Lipinski definition) is 5. The second-order valence-corrected chi connectivity index (χ2v) is 5.13. The smallest absolute Gasteiger partial charge is 0.106 e. The zero-order valence-electron chi connectivity index (χ0n) is 14.0. The Morgan fingerprint density at radius 3 is 2.33 bits per heavy atom. The number of anilines is 1. The van der Waals surface area contributed by atoms with Crippen LogP contribution in [0.15, 0.2) is 59.8 Å². The van der Waals surface area contributed by atoms with Crippen LogP contribution >= 0.6 is 12.4 Å².